The van der Waals surface area contributed by atoms with Gasteiger partial charge in [-0.2, -0.15) is 0 Å². The zero-order valence-corrected chi connectivity index (χ0v) is 13.2. The number of likely N-dealkylation sites (N-methyl/N-ethyl adjacent to an activating group) is 1. The van der Waals surface area contributed by atoms with Gasteiger partial charge in [0.2, 0.25) is 0 Å². The summed E-state index contributed by atoms with van der Waals surface area (Å²) in [6, 6.07) is 8.54. The van der Waals surface area contributed by atoms with Gasteiger partial charge in [0.15, 0.2) is 5.78 Å². The predicted octanol–water partition coefficient (Wildman–Crippen LogP) is 3.86. The minimum absolute atomic E-state index is 0.221. The molecular weight excluding hydrogens is 274 g/mol. The van der Waals surface area contributed by atoms with Crippen LogP contribution in [0.2, 0.25) is 0 Å². The number of aryl methyl sites for hydroxylation is 1. The lowest BCUT2D eigenvalue weighted by Gasteiger charge is -2.23. The molecule has 0 spiro atoms. The molecule has 1 atom stereocenters. The van der Waals surface area contributed by atoms with Crippen molar-refractivity contribution in [1.82, 2.24) is 4.90 Å². The first-order chi connectivity index (χ1) is 9.06. The molecule has 102 valence electrons. The first kappa shape index (κ1) is 14.4. The van der Waals surface area contributed by atoms with Crippen molar-refractivity contribution < 1.29 is 4.79 Å². The van der Waals surface area contributed by atoms with Crippen LogP contribution in [-0.4, -0.2) is 30.3 Å². The molecule has 0 aliphatic rings. The number of rotatable bonds is 6. The van der Waals surface area contributed by atoms with Gasteiger partial charge in [-0.05, 0) is 50.9 Å². The van der Waals surface area contributed by atoms with Crippen molar-refractivity contribution in [2.75, 3.05) is 13.6 Å². The molecule has 2 heterocycles. The Morgan fingerprint density at radius 1 is 1.37 bits per heavy atom. The van der Waals surface area contributed by atoms with Gasteiger partial charge in [0.05, 0.1) is 11.4 Å². The van der Waals surface area contributed by atoms with Crippen molar-refractivity contribution in [2.45, 2.75) is 26.3 Å². The van der Waals surface area contributed by atoms with E-state index in [4.69, 9.17) is 0 Å². The van der Waals surface area contributed by atoms with Crippen LogP contribution in [-0.2, 0) is 6.42 Å². The van der Waals surface area contributed by atoms with Crippen LogP contribution in [0, 0.1) is 6.92 Å². The maximum Gasteiger partial charge on any atom is 0.186 e. The fraction of sp³-hybridized carbons (Fsp3) is 0.400. The number of nitrogens with zero attached hydrogens (tertiary/aromatic N) is 1. The van der Waals surface area contributed by atoms with Gasteiger partial charge in [-0.25, -0.2) is 0 Å². The lowest BCUT2D eigenvalue weighted by Crippen LogP contribution is -2.35. The molecule has 0 amide bonds. The quantitative estimate of drug-likeness (QED) is 0.754. The summed E-state index contributed by atoms with van der Waals surface area (Å²) in [5, 5.41) is 2.10. The summed E-state index contributed by atoms with van der Waals surface area (Å²) in [7, 11) is 2.02. The van der Waals surface area contributed by atoms with E-state index in [-0.39, 0.29) is 5.78 Å². The highest BCUT2D eigenvalue weighted by Gasteiger charge is 2.16. The second-order valence-electron chi connectivity index (χ2n) is 4.88. The smallest absolute Gasteiger partial charge is 0.186 e. The Labute approximate surface area is 122 Å². The first-order valence-electron chi connectivity index (χ1n) is 6.38. The van der Waals surface area contributed by atoms with Crippen LogP contribution in [0.25, 0.3) is 0 Å². The summed E-state index contributed by atoms with van der Waals surface area (Å²) in [4.78, 5) is 17.7. The van der Waals surface area contributed by atoms with Gasteiger partial charge in [0.25, 0.3) is 0 Å². The van der Waals surface area contributed by atoms with Gasteiger partial charge >= 0.3 is 0 Å². The molecule has 2 nitrogen and oxygen atoms in total. The Morgan fingerprint density at radius 3 is 2.74 bits per heavy atom. The van der Waals surface area contributed by atoms with Crippen molar-refractivity contribution in [3.63, 3.8) is 0 Å². The molecule has 2 aromatic heterocycles. The lowest BCUT2D eigenvalue weighted by molar-refractivity contribution is 0.0929. The van der Waals surface area contributed by atoms with Crippen molar-refractivity contribution in [3.8, 4) is 0 Å². The maximum absolute atomic E-state index is 12.1. The van der Waals surface area contributed by atoms with Crippen LogP contribution in [0.4, 0.5) is 0 Å². The van der Waals surface area contributed by atoms with E-state index in [2.05, 4.69) is 29.3 Å². The number of hydrogen-bond donors (Lipinski definition) is 0. The molecule has 4 heteroatoms. The standard InChI is InChI=1S/C15H19NOS2/c1-11(9-13-5-4-8-18-13)16(3)10-14(17)15-7-6-12(2)19-15/h4-8,11H,9-10H2,1-3H3. The van der Waals surface area contributed by atoms with Crippen LogP contribution >= 0.6 is 22.7 Å². The van der Waals surface area contributed by atoms with Crippen molar-refractivity contribution in [2.24, 2.45) is 0 Å². The fourth-order valence-corrected chi connectivity index (χ4v) is 3.54. The molecular formula is C15H19NOS2. The van der Waals surface area contributed by atoms with E-state index < -0.39 is 0 Å². The van der Waals surface area contributed by atoms with Gasteiger partial charge in [-0.3, -0.25) is 9.69 Å². The molecule has 1 unspecified atom stereocenters. The number of ketones is 1. The van der Waals surface area contributed by atoms with E-state index in [9.17, 15) is 4.79 Å². The first-order valence-corrected chi connectivity index (χ1v) is 8.08. The number of hydrogen-bond acceptors (Lipinski definition) is 4. The Morgan fingerprint density at radius 2 is 2.16 bits per heavy atom. The van der Waals surface area contributed by atoms with E-state index in [1.54, 1.807) is 22.7 Å². The van der Waals surface area contributed by atoms with Gasteiger partial charge in [-0.1, -0.05) is 6.07 Å². The largest absolute Gasteiger partial charge is 0.296 e. The summed E-state index contributed by atoms with van der Waals surface area (Å²) in [6.45, 7) is 4.70. The monoisotopic (exact) mass is 293 g/mol. The third-order valence-electron chi connectivity index (χ3n) is 3.24. The van der Waals surface area contributed by atoms with Crippen LogP contribution < -0.4 is 0 Å². The van der Waals surface area contributed by atoms with Crippen molar-refractivity contribution in [1.29, 1.82) is 0 Å². The molecule has 0 aliphatic heterocycles. The number of thiophene rings is 2. The highest BCUT2D eigenvalue weighted by Crippen LogP contribution is 2.17. The molecule has 0 saturated carbocycles. The van der Waals surface area contributed by atoms with Crippen LogP contribution in [0.3, 0.4) is 0 Å². The molecule has 0 fully saturated rings. The average molecular weight is 293 g/mol. The number of carbonyl (C=O) groups excluding carboxylic acids is 1. The zero-order chi connectivity index (χ0) is 13.8. The van der Waals surface area contributed by atoms with E-state index in [1.807, 2.05) is 26.1 Å². The summed E-state index contributed by atoms with van der Waals surface area (Å²) in [5.74, 6) is 0.221. The summed E-state index contributed by atoms with van der Waals surface area (Å²) >= 11 is 3.36. The van der Waals surface area contributed by atoms with Gasteiger partial charge in [0.1, 0.15) is 0 Å². The predicted molar refractivity (Wildman–Crippen MR) is 83.5 cm³/mol. The Bertz CT molecular complexity index is 530. The third kappa shape index (κ3) is 4.00. The maximum atomic E-state index is 12.1. The van der Waals surface area contributed by atoms with Crippen molar-refractivity contribution in [3.05, 3.63) is 44.3 Å². The van der Waals surface area contributed by atoms with E-state index >= 15 is 0 Å². The average Bonchev–Trinajstić information content (AvgIpc) is 3.00. The van der Waals surface area contributed by atoms with Crippen LogP contribution in [0.15, 0.2) is 29.6 Å². The molecule has 0 aromatic carbocycles. The van der Waals surface area contributed by atoms with Crippen LogP contribution in [0.1, 0.15) is 26.3 Å². The molecule has 0 N–H and O–H groups in total. The van der Waals surface area contributed by atoms with E-state index in [0.29, 0.717) is 12.6 Å². The zero-order valence-electron chi connectivity index (χ0n) is 11.6. The highest BCUT2D eigenvalue weighted by molar-refractivity contribution is 7.14. The molecule has 0 saturated heterocycles. The van der Waals surface area contributed by atoms with E-state index in [1.165, 1.54) is 9.75 Å². The molecule has 19 heavy (non-hydrogen) atoms. The van der Waals surface area contributed by atoms with Crippen molar-refractivity contribution >= 4 is 28.5 Å². The third-order valence-corrected chi connectivity index (χ3v) is 5.18. The van der Waals surface area contributed by atoms with Gasteiger partial charge < -0.3 is 0 Å². The van der Waals surface area contributed by atoms with Crippen LogP contribution in [0.5, 0.6) is 0 Å². The molecule has 2 aromatic rings. The molecule has 0 bridgehead atoms. The minimum Gasteiger partial charge on any atom is -0.296 e. The topological polar surface area (TPSA) is 20.3 Å². The number of Topliss-reactive ketones (excluding diaryl/α,β-unsaturated/α-hetero) is 1. The summed E-state index contributed by atoms with van der Waals surface area (Å²) in [5.41, 5.74) is 0. The molecule has 0 aliphatic carbocycles. The summed E-state index contributed by atoms with van der Waals surface area (Å²) < 4.78 is 0. The number of carbonyl (C=O) groups is 1. The molecule has 0 radical (unpaired) electrons. The van der Waals surface area contributed by atoms with Gasteiger partial charge in [-0.15, -0.1) is 22.7 Å². The van der Waals surface area contributed by atoms with Gasteiger partial charge in [0, 0.05) is 15.8 Å². The Kier molecular flexibility index (Phi) is 4.91. The van der Waals surface area contributed by atoms with E-state index in [0.717, 1.165) is 11.3 Å². The summed E-state index contributed by atoms with van der Waals surface area (Å²) in [6.07, 6.45) is 1.00. The second-order valence-corrected chi connectivity index (χ2v) is 7.20. The molecule has 2 rings (SSSR count). The highest BCUT2D eigenvalue weighted by atomic mass is 32.1. The Balaban J connectivity index is 1.89. The Hall–Kier alpha value is -0.970. The second kappa shape index (κ2) is 6.46. The normalized spacial score (nSPS) is 12.8. The minimum atomic E-state index is 0.221. The lowest BCUT2D eigenvalue weighted by atomic mass is 10.1. The SMILES string of the molecule is Cc1ccc(C(=O)CN(C)C(C)Cc2cccs2)s1. The fourth-order valence-electron chi connectivity index (χ4n) is 1.92.